The maximum absolute atomic E-state index is 10.9. The van der Waals surface area contributed by atoms with Gasteiger partial charge >= 0.3 is 5.97 Å². The van der Waals surface area contributed by atoms with Crippen molar-refractivity contribution >= 4 is 5.97 Å². The second-order valence-corrected chi connectivity index (χ2v) is 6.54. The molecular formula is C20H38O2. The van der Waals surface area contributed by atoms with Gasteiger partial charge in [-0.15, -0.1) is 0 Å². The number of carbonyl (C=O) groups is 1. The molecule has 0 aromatic carbocycles. The molecule has 1 atom stereocenters. The normalized spacial score (nSPS) is 12.7. The Bertz CT molecular complexity index is 271. The first-order valence-electron chi connectivity index (χ1n) is 9.42. The van der Waals surface area contributed by atoms with Gasteiger partial charge in [0.25, 0.3) is 0 Å². The monoisotopic (exact) mass is 310 g/mol. The van der Waals surface area contributed by atoms with E-state index in [-0.39, 0.29) is 5.97 Å². The van der Waals surface area contributed by atoms with E-state index >= 15 is 0 Å². The van der Waals surface area contributed by atoms with E-state index < -0.39 is 0 Å². The first-order valence-corrected chi connectivity index (χ1v) is 9.42. The molecule has 0 heterocycles. The van der Waals surface area contributed by atoms with Gasteiger partial charge in [0.2, 0.25) is 0 Å². The average molecular weight is 311 g/mol. The molecule has 130 valence electrons. The van der Waals surface area contributed by atoms with Crippen LogP contribution >= 0.6 is 0 Å². The molecule has 0 aromatic heterocycles. The third kappa shape index (κ3) is 15.6. The third-order valence-electron chi connectivity index (χ3n) is 4.23. The van der Waals surface area contributed by atoms with Crippen molar-refractivity contribution in [3.63, 3.8) is 0 Å². The molecule has 22 heavy (non-hydrogen) atoms. The van der Waals surface area contributed by atoms with E-state index in [0.717, 1.165) is 18.8 Å². The van der Waals surface area contributed by atoms with Crippen LogP contribution in [0.25, 0.3) is 0 Å². The van der Waals surface area contributed by atoms with Crippen LogP contribution in [0.2, 0.25) is 0 Å². The van der Waals surface area contributed by atoms with Crippen LogP contribution in [0.1, 0.15) is 97.3 Å². The number of rotatable bonds is 15. The first-order chi connectivity index (χ1) is 10.7. The van der Waals surface area contributed by atoms with Crippen molar-refractivity contribution in [2.24, 2.45) is 5.92 Å². The van der Waals surface area contributed by atoms with E-state index in [4.69, 9.17) is 0 Å². The Morgan fingerprint density at radius 2 is 1.64 bits per heavy atom. The summed E-state index contributed by atoms with van der Waals surface area (Å²) in [5, 5.41) is 0. The predicted molar refractivity (Wildman–Crippen MR) is 96.0 cm³/mol. The Balaban J connectivity index is 3.28. The summed E-state index contributed by atoms with van der Waals surface area (Å²) < 4.78 is 4.63. The quantitative estimate of drug-likeness (QED) is 0.197. The summed E-state index contributed by atoms with van der Waals surface area (Å²) in [6, 6.07) is 0. The molecule has 0 aromatic rings. The van der Waals surface area contributed by atoms with Crippen LogP contribution in [0.5, 0.6) is 0 Å². The standard InChI is InChI=1S/C20H38O2/c1-4-5-6-13-16-19(2)17-14-11-9-7-8-10-12-15-18-20(21)22-3/h11,14,19H,4-10,12-13,15-18H2,1-3H3/b14-11+. The van der Waals surface area contributed by atoms with E-state index in [0.29, 0.717) is 6.42 Å². The van der Waals surface area contributed by atoms with Crippen LogP contribution in [0, 0.1) is 5.92 Å². The molecule has 0 radical (unpaired) electrons. The first kappa shape index (κ1) is 21.2. The highest BCUT2D eigenvalue weighted by Crippen LogP contribution is 2.15. The summed E-state index contributed by atoms with van der Waals surface area (Å²) in [6.07, 6.45) is 20.6. The van der Waals surface area contributed by atoms with Crippen LogP contribution in [-0.2, 0) is 9.53 Å². The van der Waals surface area contributed by atoms with Crippen LogP contribution < -0.4 is 0 Å². The van der Waals surface area contributed by atoms with E-state index in [2.05, 4.69) is 30.7 Å². The number of carbonyl (C=O) groups excluding carboxylic acids is 1. The molecule has 0 N–H and O–H groups in total. The number of hydrogen-bond acceptors (Lipinski definition) is 2. The molecule has 1 unspecified atom stereocenters. The predicted octanol–water partition coefficient (Wildman–Crippen LogP) is 6.44. The van der Waals surface area contributed by atoms with Gasteiger partial charge < -0.3 is 4.74 Å². The zero-order valence-corrected chi connectivity index (χ0v) is 15.2. The van der Waals surface area contributed by atoms with Gasteiger partial charge in [-0.3, -0.25) is 4.79 Å². The number of esters is 1. The molecule has 0 aliphatic rings. The minimum absolute atomic E-state index is 0.0771. The summed E-state index contributed by atoms with van der Waals surface area (Å²) in [7, 11) is 1.46. The number of ether oxygens (including phenoxy) is 1. The van der Waals surface area contributed by atoms with Gasteiger partial charge in [-0.1, -0.05) is 77.4 Å². The van der Waals surface area contributed by atoms with E-state index in [1.165, 1.54) is 71.3 Å². The Hall–Kier alpha value is -0.790. The van der Waals surface area contributed by atoms with Gasteiger partial charge in [-0.05, 0) is 31.6 Å². The molecular weight excluding hydrogens is 272 g/mol. The Kier molecular flexibility index (Phi) is 16.0. The van der Waals surface area contributed by atoms with Crippen LogP contribution in [0.4, 0.5) is 0 Å². The lowest BCUT2D eigenvalue weighted by atomic mass is 9.99. The molecule has 2 heteroatoms. The highest BCUT2D eigenvalue weighted by molar-refractivity contribution is 5.68. The Labute approximate surface area is 138 Å². The van der Waals surface area contributed by atoms with Gasteiger partial charge in [0, 0.05) is 6.42 Å². The molecule has 0 saturated heterocycles. The van der Waals surface area contributed by atoms with Crippen molar-refractivity contribution in [1.29, 1.82) is 0 Å². The smallest absolute Gasteiger partial charge is 0.305 e. The second-order valence-electron chi connectivity index (χ2n) is 6.54. The summed E-state index contributed by atoms with van der Waals surface area (Å²) >= 11 is 0. The minimum Gasteiger partial charge on any atom is -0.469 e. The minimum atomic E-state index is -0.0771. The van der Waals surface area contributed by atoms with Gasteiger partial charge in [0.15, 0.2) is 0 Å². The van der Waals surface area contributed by atoms with Gasteiger partial charge in [0.05, 0.1) is 7.11 Å². The van der Waals surface area contributed by atoms with Crippen LogP contribution in [0.3, 0.4) is 0 Å². The maximum Gasteiger partial charge on any atom is 0.305 e. The van der Waals surface area contributed by atoms with Crippen molar-refractivity contribution in [2.45, 2.75) is 97.3 Å². The van der Waals surface area contributed by atoms with Crippen LogP contribution in [-0.4, -0.2) is 13.1 Å². The molecule has 0 bridgehead atoms. The van der Waals surface area contributed by atoms with Crippen molar-refractivity contribution in [1.82, 2.24) is 0 Å². The fraction of sp³-hybridized carbons (Fsp3) is 0.850. The second kappa shape index (κ2) is 16.6. The topological polar surface area (TPSA) is 26.3 Å². The number of hydrogen-bond donors (Lipinski definition) is 0. The zero-order valence-electron chi connectivity index (χ0n) is 15.2. The molecule has 0 amide bonds. The molecule has 0 aliphatic heterocycles. The van der Waals surface area contributed by atoms with E-state index in [1.807, 2.05) is 0 Å². The van der Waals surface area contributed by atoms with Gasteiger partial charge in [-0.2, -0.15) is 0 Å². The Morgan fingerprint density at radius 1 is 0.955 bits per heavy atom. The fourth-order valence-corrected chi connectivity index (χ4v) is 2.65. The largest absolute Gasteiger partial charge is 0.469 e. The molecule has 2 nitrogen and oxygen atoms in total. The number of unbranched alkanes of at least 4 members (excludes halogenated alkanes) is 8. The molecule has 0 spiro atoms. The Morgan fingerprint density at radius 3 is 2.36 bits per heavy atom. The van der Waals surface area contributed by atoms with E-state index in [9.17, 15) is 4.79 Å². The lowest BCUT2D eigenvalue weighted by Gasteiger charge is -2.07. The third-order valence-corrected chi connectivity index (χ3v) is 4.23. The van der Waals surface area contributed by atoms with Crippen molar-refractivity contribution in [3.8, 4) is 0 Å². The maximum atomic E-state index is 10.9. The van der Waals surface area contributed by atoms with Gasteiger partial charge in [-0.25, -0.2) is 0 Å². The van der Waals surface area contributed by atoms with E-state index in [1.54, 1.807) is 0 Å². The fourth-order valence-electron chi connectivity index (χ4n) is 2.65. The zero-order chi connectivity index (χ0) is 16.5. The SMILES string of the molecule is CCCCCCC(C)C/C=C/CCCCCCCC(=O)OC. The molecule has 0 rings (SSSR count). The van der Waals surface area contributed by atoms with Crippen LogP contribution in [0.15, 0.2) is 12.2 Å². The summed E-state index contributed by atoms with van der Waals surface area (Å²) in [5.74, 6) is 0.762. The molecule has 0 fully saturated rings. The molecule has 0 saturated carbocycles. The highest BCUT2D eigenvalue weighted by atomic mass is 16.5. The molecule has 0 aliphatic carbocycles. The number of allylic oxidation sites excluding steroid dienone is 2. The number of methoxy groups -OCH3 is 1. The lowest BCUT2D eigenvalue weighted by molar-refractivity contribution is -0.140. The average Bonchev–Trinajstić information content (AvgIpc) is 2.53. The highest BCUT2D eigenvalue weighted by Gasteiger charge is 2.00. The van der Waals surface area contributed by atoms with Crippen molar-refractivity contribution in [2.75, 3.05) is 7.11 Å². The van der Waals surface area contributed by atoms with Gasteiger partial charge in [0.1, 0.15) is 0 Å². The summed E-state index contributed by atoms with van der Waals surface area (Å²) in [5.41, 5.74) is 0. The lowest BCUT2D eigenvalue weighted by Crippen LogP contribution is -1.99. The summed E-state index contributed by atoms with van der Waals surface area (Å²) in [6.45, 7) is 4.64. The summed E-state index contributed by atoms with van der Waals surface area (Å²) in [4.78, 5) is 10.9. The van der Waals surface area contributed by atoms with Crippen molar-refractivity contribution in [3.05, 3.63) is 12.2 Å². The van der Waals surface area contributed by atoms with Crippen molar-refractivity contribution < 1.29 is 9.53 Å².